The predicted octanol–water partition coefficient (Wildman–Crippen LogP) is 2.99. The largest absolute Gasteiger partial charge is 0.357 e. The summed E-state index contributed by atoms with van der Waals surface area (Å²) in [4.78, 5) is 6.82. The van der Waals surface area contributed by atoms with E-state index >= 15 is 0 Å². The fourth-order valence-electron chi connectivity index (χ4n) is 1.83. The van der Waals surface area contributed by atoms with Crippen LogP contribution >= 0.6 is 0 Å². The molecule has 0 bridgehead atoms. The molecule has 1 N–H and O–H groups in total. The number of pyridine rings is 1. The van der Waals surface area contributed by atoms with Gasteiger partial charge in [0, 0.05) is 25.3 Å². The molecule has 0 aromatic carbocycles. The van der Waals surface area contributed by atoms with Crippen molar-refractivity contribution >= 4 is 5.82 Å². The molecule has 0 amide bonds. The summed E-state index contributed by atoms with van der Waals surface area (Å²) >= 11 is 0. The molecule has 96 valence electrons. The maximum Gasteiger partial charge on any atom is 0.128 e. The first-order valence-corrected chi connectivity index (χ1v) is 6.61. The fraction of sp³-hybridized carbons (Fsp3) is 0.643. The zero-order chi connectivity index (χ0) is 12.7. The van der Waals surface area contributed by atoms with Gasteiger partial charge in [-0.15, -0.1) is 0 Å². The summed E-state index contributed by atoms with van der Waals surface area (Å²) in [6, 6.07) is 4.65. The summed E-state index contributed by atoms with van der Waals surface area (Å²) in [6.45, 7) is 8.69. The van der Waals surface area contributed by atoms with E-state index in [9.17, 15) is 0 Å². The molecule has 0 saturated heterocycles. The van der Waals surface area contributed by atoms with Crippen LogP contribution < -0.4 is 10.2 Å². The van der Waals surface area contributed by atoms with Crippen LogP contribution in [0, 0.1) is 0 Å². The molecular formula is C14H25N3. The predicted molar refractivity (Wildman–Crippen MR) is 74.5 cm³/mol. The van der Waals surface area contributed by atoms with Crippen LogP contribution in [0.2, 0.25) is 0 Å². The monoisotopic (exact) mass is 235 g/mol. The van der Waals surface area contributed by atoms with Crippen LogP contribution in [0.3, 0.4) is 0 Å². The normalized spacial score (nSPS) is 12.5. The molecule has 0 saturated carbocycles. The molecule has 0 aliphatic carbocycles. The molecule has 0 aliphatic heterocycles. The number of rotatable bonds is 7. The van der Waals surface area contributed by atoms with Crippen molar-refractivity contribution in [2.24, 2.45) is 0 Å². The highest BCUT2D eigenvalue weighted by molar-refractivity contribution is 5.41. The SMILES string of the molecule is CCCCN(CC)c1cc(C(C)NC)ccn1. The van der Waals surface area contributed by atoms with E-state index in [1.165, 1.54) is 18.4 Å². The van der Waals surface area contributed by atoms with Gasteiger partial charge in [0.1, 0.15) is 5.82 Å². The number of hydrogen-bond donors (Lipinski definition) is 1. The van der Waals surface area contributed by atoms with Gasteiger partial charge in [0.15, 0.2) is 0 Å². The average Bonchev–Trinajstić information content (AvgIpc) is 2.39. The van der Waals surface area contributed by atoms with Gasteiger partial charge in [0.2, 0.25) is 0 Å². The van der Waals surface area contributed by atoms with Gasteiger partial charge >= 0.3 is 0 Å². The van der Waals surface area contributed by atoms with E-state index in [1.807, 2.05) is 13.2 Å². The summed E-state index contributed by atoms with van der Waals surface area (Å²) in [5.74, 6) is 1.10. The van der Waals surface area contributed by atoms with E-state index in [1.54, 1.807) is 0 Å². The second-order valence-corrected chi connectivity index (χ2v) is 4.39. The third kappa shape index (κ3) is 4.00. The third-order valence-corrected chi connectivity index (χ3v) is 3.19. The maximum absolute atomic E-state index is 4.48. The van der Waals surface area contributed by atoms with E-state index in [-0.39, 0.29) is 0 Å². The molecule has 1 atom stereocenters. The van der Waals surface area contributed by atoms with Crippen molar-refractivity contribution in [2.75, 3.05) is 25.0 Å². The standard InChI is InChI=1S/C14H25N3/c1-5-7-10-17(6-2)14-11-13(8-9-16-14)12(3)15-4/h8-9,11-12,15H,5-7,10H2,1-4H3. The molecule has 1 unspecified atom stereocenters. The lowest BCUT2D eigenvalue weighted by atomic mass is 10.1. The van der Waals surface area contributed by atoms with Gasteiger partial charge in [0.05, 0.1) is 0 Å². The maximum atomic E-state index is 4.48. The number of nitrogens with one attached hydrogen (secondary N) is 1. The first-order chi connectivity index (χ1) is 8.22. The highest BCUT2D eigenvalue weighted by Crippen LogP contribution is 2.18. The Kier molecular flexibility index (Phi) is 5.98. The van der Waals surface area contributed by atoms with E-state index < -0.39 is 0 Å². The van der Waals surface area contributed by atoms with Crippen LogP contribution in [0.1, 0.15) is 45.2 Å². The van der Waals surface area contributed by atoms with Crippen molar-refractivity contribution in [2.45, 2.75) is 39.7 Å². The zero-order valence-electron chi connectivity index (χ0n) is 11.5. The Morgan fingerprint density at radius 2 is 2.18 bits per heavy atom. The second kappa shape index (κ2) is 7.28. The Bertz CT molecular complexity index is 325. The van der Waals surface area contributed by atoms with Gasteiger partial charge in [-0.25, -0.2) is 4.98 Å². The number of nitrogens with zero attached hydrogens (tertiary/aromatic N) is 2. The molecule has 0 aliphatic rings. The zero-order valence-corrected chi connectivity index (χ0v) is 11.5. The minimum atomic E-state index is 0.377. The van der Waals surface area contributed by atoms with Gasteiger partial charge in [0.25, 0.3) is 0 Å². The number of aromatic nitrogens is 1. The van der Waals surface area contributed by atoms with Crippen molar-refractivity contribution in [1.29, 1.82) is 0 Å². The molecule has 1 heterocycles. The van der Waals surface area contributed by atoms with Crippen molar-refractivity contribution < 1.29 is 0 Å². The van der Waals surface area contributed by atoms with Gasteiger partial charge in [-0.3, -0.25) is 0 Å². The molecule has 1 aromatic rings. The molecule has 17 heavy (non-hydrogen) atoms. The van der Waals surface area contributed by atoms with Crippen molar-refractivity contribution in [3.05, 3.63) is 23.9 Å². The minimum absolute atomic E-state index is 0.377. The first-order valence-electron chi connectivity index (χ1n) is 6.61. The smallest absolute Gasteiger partial charge is 0.128 e. The quantitative estimate of drug-likeness (QED) is 0.787. The second-order valence-electron chi connectivity index (χ2n) is 4.39. The van der Waals surface area contributed by atoms with Crippen LogP contribution in [0.4, 0.5) is 5.82 Å². The fourth-order valence-corrected chi connectivity index (χ4v) is 1.83. The summed E-state index contributed by atoms with van der Waals surface area (Å²) in [7, 11) is 1.99. The van der Waals surface area contributed by atoms with Gasteiger partial charge < -0.3 is 10.2 Å². The van der Waals surface area contributed by atoms with Crippen LogP contribution in [-0.2, 0) is 0 Å². The topological polar surface area (TPSA) is 28.2 Å². The summed E-state index contributed by atoms with van der Waals surface area (Å²) < 4.78 is 0. The third-order valence-electron chi connectivity index (χ3n) is 3.19. The van der Waals surface area contributed by atoms with Crippen LogP contribution in [0.25, 0.3) is 0 Å². The molecule has 3 heteroatoms. The van der Waals surface area contributed by atoms with Crippen LogP contribution in [-0.4, -0.2) is 25.1 Å². The van der Waals surface area contributed by atoms with E-state index in [0.29, 0.717) is 6.04 Å². The lowest BCUT2D eigenvalue weighted by Crippen LogP contribution is -2.25. The molecule has 0 spiro atoms. The van der Waals surface area contributed by atoms with E-state index in [0.717, 1.165) is 18.9 Å². The summed E-state index contributed by atoms with van der Waals surface area (Å²) in [5, 5.41) is 3.26. The van der Waals surface area contributed by atoms with Crippen molar-refractivity contribution in [1.82, 2.24) is 10.3 Å². The van der Waals surface area contributed by atoms with Gasteiger partial charge in [-0.1, -0.05) is 13.3 Å². The lowest BCUT2D eigenvalue weighted by molar-refractivity contribution is 0.649. The molecular weight excluding hydrogens is 210 g/mol. The number of hydrogen-bond acceptors (Lipinski definition) is 3. The first kappa shape index (κ1) is 14.0. The summed E-state index contributed by atoms with van der Waals surface area (Å²) in [6.07, 6.45) is 4.36. The molecule has 1 aromatic heterocycles. The van der Waals surface area contributed by atoms with E-state index in [4.69, 9.17) is 0 Å². The Morgan fingerprint density at radius 3 is 2.76 bits per heavy atom. The minimum Gasteiger partial charge on any atom is -0.357 e. The molecule has 3 nitrogen and oxygen atoms in total. The Hall–Kier alpha value is -1.09. The lowest BCUT2D eigenvalue weighted by Gasteiger charge is -2.23. The Labute approximate surface area is 105 Å². The average molecular weight is 235 g/mol. The van der Waals surface area contributed by atoms with Crippen molar-refractivity contribution in [3.8, 4) is 0 Å². The number of unbranched alkanes of at least 4 members (excludes halogenated alkanes) is 1. The highest BCUT2D eigenvalue weighted by atomic mass is 15.2. The van der Waals surface area contributed by atoms with Gasteiger partial charge in [-0.2, -0.15) is 0 Å². The van der Waals surface area contributed by atoms with Crippen LogP contribution in [0.15, 0.2) is 18.3 Å². The van der Waals surface area contributed by atoms with E-state index in [2.05, 4.69) is 48.1 Å². The van der Waals surface area contributed by atoms with Gasteiger partial charge in [-0.05, 0) is 45.0 Å². The van der Waals surface area contributed by atoms with Crippen LogP contribution in [0.5, 0.6) is 0 Å². The molecule has 1 rings (SSSR count). The number of anilines is 1. The molecule has 0 fully saturated rings. The Morgan fingerprint density at radius 1 is 1.41 bits per heavy atom. The summed E-state index contributed by atoms with van der Waals surface area (Å²) in [5.41, 5.74) is 1.30. The highest BCUT2D eigenvalue weighted by Gasteiger charge is 2.08. The molecule has 0 radical (unpaired) electrons. The Balaban J connectivity index is 2.81. The van der Waals surface area contributed by atoms with Crippen molar-refractivity contribution in [3.63, 3.8) is 0 Å².